The Balaban J connectivity index is 1.37. The van der Waals surface area contributed by atoms with E-state index in [0.717, 1.165) is 22.5 Å². The third-order valence-electron chi connectivity index (χ3n) is 5.23. The summed E-state index contributed by atoms with van der Waals surface area (Å²) >= 11 is 0. The van der Waals surface area contributed by atoms with Crippen LogP contribution in [-0.4, -0.2) is 20.7 Å². The molecular formula is C26H25N3O3. The van der Waals surface area contributed by atoms with E-state index >= 15 is 0 Å². The Labute approximate surface area is 187 Å². The fourth-order valence-electron chi connectivity index (χ4n) is 3.42. The molecule has 2 aromatic carbocycles. The molecular weight excluding hydrogens is 402 g/mol. The van der Waals surface area contributed by atoms with Gasteiger partial charge in [-0.2, -0.15) is 5.10 Å². The minimum absolute atomic E-state index is 0.0271. The van der Waals surface area contributed by atoms with Crippen LogP contribution in [0.25, 0.3) is 17.4 Å². The van der Waals surface area contributed by atoms with E-state index in [9.17, 15) is 4.79 Å². The lowest BCUT2D eigenvalue weighted by molar-refractivity contribution is -0.139. The smallest absolute Gasteiger partial charge is 0.331 e. The highest BCUT2D eigenvalue weighted by atomic mass is 16.5. The summed E-state index contributed by atoms with van der Waals surface area (Å²) in [5.74, 6) is 0.526. The summed E-state index contributed by atoms with van der Waals surface area (Å²) in [6, 6.07) is 18.0. The number of hydrogen-bond acceptors (Lipinski definition) is 5. The van der Waals surface area contributed by atoms with Gasteiger partial charge in [0.2, 0.25) is 5.89 Å². The number of oxazole rings is 1. The van der Waals surface area contributed by atoms with Gasteiger partial charge in [0.25, 0.3) is 0 Å². The highest BCUT2D eigenvalue weighted by molar-refractivity contribution is 5.87. The normalized spacial score (nSPS) is 11.2. The maximum Gasteiger partial charge on any atom is 0.331 e. The molecule has 0 bridgehead atoms. The van der Waals surface area contributed by atoms with E-state index in [1.54, 1.807) is 12.3 Å². The topological polar surface area (TPSA) is 70.2 Å². The maximum atomic E-state index is 12.2. The van der Waals surface area contributed by atoms with Gasteiger partial charge in [-0.05, 0) is 32.4 Å². The largest absolute Gasteiger partial charge is 0.453 e. The van der Waals surface area contributed by atoms with Crippen molar-refractivity contribution >= 4 is 12.0 Å². The Morgan fingerprint density at radius 2 is 1.81 bits per heavy atom. The summed E-state index contributed by atoms with van der Waals surface area (Å²) < 4.78 is 12.9. The molecule has 6 heteroatoms. The van der Waals surface area contributed by atoms with E-state index in [-0.39, 0.29) is 6.61 Å². The Hall–Kier alpha value is -3.93. The summed E-state index contributed by atoms with van der Waals surface area (Å²) in [4.78, 5) is 16.4. The molecule has 4 aromatic rings. The molecule has 0 amide bonds. The summed E-state index contributed by atoms with van der Waals surface area (Å²) in [6.45, 7) is 6.65. The third-order valence-corrected chi connectivity index (χ3v) is 5.23. The highest BCUT2D eigenvalue weighted by Crippen LogP contribution is 2.20. The van der Waals surface area contributed by atoms with E-state index in [4.69, 9.17) is 9.15 Å². The van der Waals surface area contributed by atoms with Gasteiger partial charge in [0, 0.05) is 22.9 Å². The quantitative estimate of drug-likeness (QED) is 0.297. The number of ether oxygens (including phenoxy) is 1. The molecule has 4 rings (SSSR count). The molecule has 0 unspecified atom stereocenters. The first-order valence-electron chi connectivity index (χ1n) is 10.4. The number of esters is 1. The van der Waals surface area contributed by atoms with Crippen LogP contribution in [0.2, 0.25) is 0 Å². The second-order valence-corrected chi connectivity index (χ2v) is 7.65. The molecule has 0 fully saturated rings. The second-order valence-electron chi connectivity index (χ2n) is 7.65. The zero-order chi connectivity index (χ0) is 22.5. The van der Waals surface area contributed by atoms with Crippen LogP contribution < -0.4 is 0 Å². The molecule has 0 spiro atoms. The van der Waals surface area contributed by atoms with Gasteiger partial charge in [-0.15, -0.1) is 0 Å². The Kier molecular flexibility index (Phi) is 6.31. The number of aromatic nitrogens is 3. The fourth-order valence-corrected chi connectivity index (χ4v) is 3.42. The van der Waals surface area contributed by atoms with Crippen LogP contribution >= 0.6 is 0 Å². The van der Waals surface area contributed by atoms with Gasteiger partial charge in [0.15, 0.2) is 12.4 Å². The average molecular weight is 428 g/mol. The summed E-state index contributed by atoms with van der Waals surface area (Å²) in [5, 5.41) is 4.62. The second kappa shape index (κ2) is 9.47. The number of rotatable bonds is 7. The number of hydrogen-bond donors (Lipinski definition) is 0. The molecule has 32 heavy (non-hydrogen) atoms. The van der Waals surface area contributed by atoms with E-state index in [1.807, 2.05) is 48.9 Å². The zero-order valence-corrected chi connectivity index (χ0v) is 18.4. The van der Waals surface area contributed by atoms with Crippen LogP contribution in [0.15, 0.2) is 71.3 Å². The highest BCUT2D eigenvalue weighted by Gasteiger charge is 2.11. The summed E-state index contributed by atoms with van der Waals surface area (Å²) in [7, 11) is 0. The molecule has 0 atom stereocenters. The fraction of sp³-hybridized carbons (Fsp3) is 0.192. The molecule has 0 N–H and O–H groups in total. The van der Waals surface area contributed by atoms with Crippen LogP contribution in [0.1, 0.15) is 34.0 Å². The predicted octanol–water partition coefficient (Wildman–Crippen LogP) is 5.27. The molecule has 6 nitrogen and oxygen atoms in total. The average Bonchev–Trinajstić information content (AvgIpc) is 3.38. The number of carbonyl (C=O) groups is 1. The van der Waals surface area contributed by atoms with Gasteiger partial charge in [0.1, 0.15) is 0 Å². The first kappa shape index (κ1) is 21.3. The Bertz CT molecular complexity index is 1240. The predicted molar refractivity (Wildman–Crippen MR) is 123 cm³/mol. The number of benzene rings is 2. The molecule has 0 aliphatic carbocycles. The van der Waals surface area contributed by atoms with E-state index < -0.39 is 5.97 Å². The minimum Gasteiger partial charge on any atom is -0.453 e. The standard InChI is InChI=1S/C26H25N3O3/c1-18-9-11-21(12-10-18)16-29-20(3)23(19(2)28-29)13-14-26(30)31-17-25-27-15-24(32-25)22-7-5-4-6-8-22/h4-15H,16-17H2,1-3H3/b14-13+. The molecule has 0 aliphatic rings. The lowest BCUT2D eigenvalue weighted by Crippen LogP contribution is -2.04. The summed E-state index contributed by atoms with van der Waals surface area (Å²) in [5.41, 5.74) is 6.09. The third kappa shape index (κ3) is 5.03. The minimum atomic E-state index is -0.463. The first-order valence-corrected chi connectivity index (χ1v) is 10.4. The lowest BCUT2D eigenvalue weighted by atomic mass is 10.1. The van der Waals surface area contributed by atoms with Crippen LogP contribution in [-0.2, 0) is 22.7 Å². The summed E-state index contributed by atoms with van der Waals surface area (Å²) in [6.07, 6.45) is 4.79. The van der Waals surface area contributed by atoms with Gasteiger partial charge in [0.05, 0.1) is 18.4 Å². The molecule has 2 heterocycles. The van der Waals surface area contributed by atoms with Gasteiger partial charge < -0.3 is 9.15 Å². The van der Waals surface area contributed by atoms with Crippen molar-refractivity contribution in [3.63, 3.8) is 0 Å². The lowest BCUT2D eigenvalue weighted by Gasteiger charge is -2.05. The van der Waals surface area contributed by atoms with Crippen molar-refractivity contribution in [2.24, 2.45) is 0 Å². The monoisotopic (exact) mass is 427 g/mol. The van der Waals surface area contributed by atoms with Crippen molar-refractivity contribution in [1.82, 2.24) is 14.8 Å². The van der Waals surface area contributed by atoms with Crippen molar-refractivity contribution in [3.05, 3.63) is 101 Å². The molecule has 2 aromatic heterocycles. The van der Waals surface area contributed by atoms with E-state index in [0.29, 0.717) is 18.2 Å². The first-order chi connectivity index (χ1) is 15.5. The van der Waals surface area contributed by atoms with Gasteiger partial charge >= 0.3 is 5.97 Å². The molecule has 162 valence electrons. The zero-order valence-electron chi connectivity index (χ0n) is 18.4. The number of carbonyl (C=O) groups excluding carboxylic acids is 1. The van der Waals surface area contributed by atoms with Crippen molar-refractivity contribution in [2.75, 3.05) is 0 Å². The molecule has 0 radical (unpaired) electrons. The Morgan fingerprint density at radius 3 is 2.56 bits per heavy atom. The number of nitrogens with zero attached hydrogens (tertiary/aromatic N) is 3. The molecule has 0 aliphatic heterocycles. The van der Waals surface area contributed by atoms with E-state index in [2.05, 4.69) is 41.3 Å². The Morgan fingerprint density at radius 1 is 1.06 bits per heavy atom. The number of aryl methyl sites for hydroxylation is 2. The van der Waals surface area contributed by atoms with Crippen molar-refractivity contribution in [1.29, 1.82) is 0 Å². The van der Waals surface area contributed by atoms with Gasteiger partial charge in [-0.1, -0.05) is 60.2 Å². The van der Waals surface area contributed by atoms with Crippen LogP contribution in [0.4, 0.5) is 0 Å². The van der Waals surface area contributed by atoms with Crippen LogP contribution in [0.3, 0.4) is 0 Å². The van der Waals surface area contributed by atoms with E-state index in [1.165, 1.54) is 17.2 Å². The van der Waals surface area contributed by atoms with Gasteiger partial charge in [-0.3, -0.25) is 4.68 Å². The molecule has 0 saturated heterocycles. The van der Waals surface area contributed by atoms with Crippen molar-refractivity contribution < 1.29 is 13.9 Å². The van der Waals surface area contributed by atoms with Crippen molar-refractivity contribution in [2.45, 2.75) is 33.9 Å². The van der Waals surface area contributed by atoms with Crippen LogP contribution in [0, 0.1) is 20.8 Å². The van der Waals surface area contributed by atoms with Crippen LogP contribution in [0.5, 0.6) is 0 Å². The van der Waals surface area contributed by atoms with Crippen molar-refractivity contribution in [3.8, 4) is 11.3 Å². The SMILES string of the molecule is Cc1ccc(Cn2nc(C)c(/C=C/C(=O)OCc3ncc(-c4ccccc4)o3)c2C)cc1. The molecule has 0 saturated carbocycles. The van der Waals surface area contributed by atoms with Gasteiger partial charge in [-0.25, -0.2) is 9.78 Å². The maximum absolute atomic E-state index is 12.2.